The number of nitrogens with zero attached hydrogens (tertiary/aromatic N) is 4. The van der Waals surface area contributed by atoms with Crippen LogP contribution in [0.15, 0.2) is 30.6 Å². The molecule has 0 radical (unpaired) electrons. The zero-order valence-electron chi connectivity index (χ0n) is 16.9. The van der Waals surface area contributed by atoms with Crippen molar-refractivity contribution in [2.75, 3.05) is 27.9 Å². The summed E-state index contributed by atoms with van der Waals surface area (Å²) in [6.45, 7) is 3.50. The van der Waals surface area contributed by atoms with Gasteiger partial charge in [0.15, 0.2) is 0 Å². The minimum atomic E-state index is -2.55. The first-order chi connectivity index (χ1) is 14.2. The molecule has 2 atom stereocenters. The molecule has 1 saturated heterocycles. The van der Waals surface area contributed by atoms with Crippen LogP contribution in [0.4, 0.5) is 16.2 Å². The lowest BCUT2D eigenvalue weighted by Crippen LogP contribution is -2.51. The Labute approximate surface area is 176 Å². The van der Waals surface area contributed by atoms with E-state index in [4.69, 9.17) is 0 Å². The molecule has 4 rings (SSSR count). The van der Waals surface area contributed by atoms with Crippen molar-refractivity contribution in [3.63, 3.8) is 0 Å². The zero-order chi connectivity index (χ0) is 21.6. The molecule has 3 N–H and O–H groups in total. The molecular weight excluding hydrogens is 408 g/mol. The number of hydrogen-bond donors (Lipinski definition) is 3. The third-order valence-electron chi connectivity index (χ3n) is 5.76. The summed E-state index contributed by atoms with van der Waals surface area (Å²) in [6, 6.07) is 5.06. The van der Waals surface area contributed by atoms with Gasteiger partial charge in [0.1, 0.15) is 0 Å². The van der Waals surface area contributed by atoms with E-state index < -0.39 is 16.7 Å². The number of carbonyl (C=O) groups is 2. The van der Waals surface area contributed by atoms with E-state index in [2.05, 4.69) is 5.10 Å². The molecule has 30 heavy (non-hydrogen) atoms. The number of aromatic nitrogens is 2. The second-order valence-electron chi connectivity index (χ2n) is 8.01. The van der Waals surface area contributed by atoms with Crippen LogP contribution < -0.4 is 9.80 Å². The normalized spacial score (nSPS) is 24.3. The van der Waals surface area contributed by atoms with E-state index in [0.717, 1.165) is 24.0 Å². The average molecular weight is 435 g/mol. The van der Waals surface area contributed by atoms with Crippen LogP contribution in [0, 0.1) is 0 Å². The van der Waals surface area contributed by atoms with Crippen molar-refractivity contribution in [1.29, 1.82) is 0 Å². The molecule has 2 amide bonds. The highest BCUT2D eigenvalue weighted by atomic mass is 32.3. The summed E-state index contributed by atoms with van der Waals surface area (Å²) >= 11 is 0. The zero-order valence-corrected chi connectivity index (χ0v) is 17.7. The van der Waals surface area contributed by atoms with Crippen molar-refractivity contribution in [3.8, 4) is 11.1 Å². The highest BCUT2D eigenvalue weighted by Crippen LogP contribution is 2.47. The quantitative estimate of drug-likeness (QED) is 0.660. The minimum Gasteiger partial charge on any atom is -0.465 e. The maximum absolute atomic E-state index is 12.1. The van der Waals surface area contributed by atoms with Gasteiger partial charge in [-0.25, -0.2) is 4.79 Å². The van der Waals surface area contributed by atoms with Crippen LogP contribution in [-0.4, -0.2) is 60.1 Å². The second-order valence-corrected chi connectivity index (χ2v) is 10.4. The van der Waals surface area contributed by atoms with Crippen molar-refractivity contribution < 1.29 is 23.8 Å². The highest BCUT2D eigenvalue weighted by Gasteiger charge is 2.34. The van der Waals surface area contributed by atoms with Crippen molar-refractivity contribution in [1.82, 2.24) is 9.78 Å². The molecule has 2 aromatic rings. The van der Waals surface area contributed by atoms with E-state index in [0.29, 0.717) is 22.9 Å². The van der Waals surface area contributed by atoms with Gasteiger partial charge in [0, 0.05) is 31.0 Å². The summed E-state index contributed by atoms with van der Waals surface area (Å²) in [7, 11) is -2.55. The lowest BCUT2D eigenvalue weighted by atomic mass is 10.0. The van der Waals surface area contributed by atoms with Crippen LogP contribution in [-0.2, 0) is 4.79 Å². The van der Waals surface area contributed by atoms with Gasteiger partial charge in [0.05, 0.1) is 35.4 Å². The molecule has 0 unspecified atom stereocenters. The standard InChI is InChI=1S/C20H26N4O5S/c1-13-10-22(20(26)27)19-8-15(5-6-18(19)24(13)14(2)25)16-9-21-23(11-16)17-4-3-7-30(28,29)12-17/h5-6,8-9,11,13,17,28-29H,3-4,7,10,12H2,1-2H3,(H,26,27)/t13-,17-/m0/s1. The van der Waals surface area contributed by atoms with E-state index in [1.807, 2.05) is 19.2 Å². The summed E-state index contributed by atoms with van der Waals surface area (Å²) in [6.07, 6.45) is 4.06. The highest BCUT2D eigenvalue weighted by molar-refractivity contribution is 8.24. The van der Waals surface area contributed by atoms with Gasteiger partial charge in [-0.05, 0) is 37.5 Å². The maximum Gasteiger partial charge on any atom is 0.411 e. The molecule has 0 aliphatic carbocycles. The number of anilines is 2. The molecule has 0 saturated carbocycles. The lowest BCUT2D eigenvalue weighted by Gasteiger charge is -2.40. The first-order valence-corrected chi connectivity index (χ1v) is 11.8. The second kappa shape index (κ2) is 7.60. The Morgan fingerprint density at radius 1 is 1.20 bits per heavy atom. The van der Waals surface area contributed by atoms with Crippen LogP contribution >= 0.6 is 10.6 Å². The van der Waals surface area contributed by atoms with E-state index >= 15 is 0 Å². The van der Waals surface area contributed by atoms with Crippen LogP contribution in [0.3, 0.4) is 0 Å². The average Bonchev–Trinajstić information content (AvgIpc) is 3.16. The molecule has 9 nitrogen and oxygen atoms in total. The Bertz CT molecular complexity index is 991. The topological polar surface area (TPSA) is 119 Å². The minimum absolute atomic E-state index is 0.0697. The number of rotatable bonds is 2. The van der Waals surface area contributed by atoms with Crippen LogP contribution in [0.2, 0.25) is 0 Å². The van der Waals surface area contributed by atoms with Crippen molar-refractivity contribution in [2.45, 2.75) is 38.8 Å². The molecule has 0 bridgehead atoms. The third-order valence-corrected chi connectivity index (χ3v) is 7.62. The van der Waals surface area contributed by atoms with Gasteiger partial charge in [-0.1, -0.05) is 6.07 Å². The Morgan fingerprint density at radius 3 is 2.63 bits per heavy atom. The molecule has 1 aromatic heterocycles. The van der Waals surface area contributed by atoms with E-state index in [9.17, 15) is 23.8 Å². The fourth-order valence-electron chi connectivity index (χ4n) is 4.39. The Morgan fingerprint density at radius 2 is 1.97 bits per heavy atom. The molecule has 1 fully saturated rings. The number of carboxylic acid groups (broad SMARTS) is 1. The molecule has 2 aliphatic rings. The predicted molar refractivity (Wildman–Crippen MR) is 117 cm³/mol. The van der Waals surface area contributed by atoms with Gasteiger partial charge in [-0.3, -0.25) is 23.5 Å². The monoisotopic (exact) mass is 434 g/mol. The van der Waals surface area contributed by atoms with Gasteiger partial charge in [0.2, 0.25) is 5.91 Å². The first kappa shape index (κ1) is 20.7. The maximum atomic E-state index is 12.1. The van der Waals surface area contributed by atoms with E-state index in [1.165, 1.54) is 11.8 Å². The molecule has 3 heterocycles. The lowest BCUT2D eigenvalue weighted by molar-refractivity contribution is -0.117. The fourth-order valence-corrected chi connectivity index (χ4v) is 6.12. The number of amides is 2. The largest absolute Gasteiger partial charge is 0.465 e. The summed E-state index contributed by atoms with van der Waals surface area (Å²) in [5.41, 5.74) is 2.62. The van der Waals surface area contributed by atoms with Crippen LogP contribution in [0.5, 0.6) is 0 Å². The number of fused-ring (bicyclic) bond motifs is 1. The number of benzene rings is 1. The first-order valence-electron chi connectivity index (χ1n) is 9.89. The summed E-state index contributed by atoms with van der Waals surface area (Å²) in [5, 5.41) is 14.1. The van der Waals surface area contributed by atoms with Crippen LogP contribution in [0.1, 0.15) is 32.7 Å². The third kappa shape index (κ3) is 3.78. The van der Waals surface area contributed by atoms with Gasteiger partial charge in [0.25, 0.3) is 0 Å². The summed E-state index contributed by atoms with van der Waals surface area (Å²) in [5.74, 6) is 0.611. The molecule has 2 aliphatic heterocycles. The number of carbonyl (C=O) groups excluding carboxylic acids is 1. The fraction of sp³-hybridized carbons (Fsp3) is 0.450. The predicted octanol–water partition coefficient (Wildman–Crippen LogP) is 3.88. The Kier molecular flexibility index (Phi) is 5.25. The summed E-state index contributed by atoms with van der Waals surface area (Å²) < 4.78 is 21.8. The van der Waals surface area contributed by atoms with Crippen molar-refractivity contribution in [2.24, 2.45) is 0 Å². The molecular formula is C20H26N4O5S. The van der Waals surface area contributed by atoms with Crippen LogP contribution in [0.25, 0.3) is 11.1 Å². The molecule has 162 valence electrons. The summed E-state index contributed by atoms with van der Waals surface area (Å²) in [4.78, 5) is 26.8. The number of hydrogen-bond acceptors (Lipinski definition) is 5. The molecule has 1 aromatic carbocycles. The Hall–Kier alpha value is -2.56. The van der Waals surface area contributed by atoms with Crippen molar-refractivity contribution >= 4 is 34.0 Å². The van der Waals surface area contributed by atoms with Crippen molar-refractivity contribution in [3.05, 3.63) is 30.6 Å². The Balaban J connectivity index is 1.69. The van der Waals surface area contributed by atoms with Gasteiger partial charge < -0.3 is 10.0 Å². The SMILES string of the molecule is CC(=O)N1c2ccc(-c3cnn([C@H]4CCCS(O)(O)C4)c3)cc2N(C(=O)O)C[C@@H]1C. The molecule has 0 spiro atoms. The van der Waals surface area contributed by atoms with Gasteiger partial charge in [-0.15, -0.1) is 0 Å². The molecule has 10 heteroatoms. The van der Waals surface area contributed by atoms with E-state index in [-0.39, 0.29) is 24.5 Å². The smallest absolute Gasteiger partial charge is 0.411 e. The van der Waals surface area contributed by atoms with Gasteiger partial charge >= 0.3 is 6.09 Å². The van der Waals surface area contributed by atoms with Gasteiger partial charge in [-0.2, -0.15) is 15.7 Å². The van der Waals surface area contributed by atoms with E-state index in [1.54, 1.807) is 27.9 Å².